The van der Waals surface area contributed by atoms with E-state index in [-0.39, 0.29) is 11.8 Å². The van der Waals surface area contributed by atoms with Crippen LogP contribution in [0.1, 0.15) is 18.9 Å². The van der Waals surface area contributed by atoms with Crippen LogP contribution in [-0.2, 0) is 18.4 Å². The Kier molecular flexibility index (Phi) is 4.49. The van der Waals surface area contributed by atoms with Crippen molar-refractivity contribution in [1.29, 1.82) is 0 Å². The maximum absolute atomic E-state index is 11.8. The van der Waals surface area contributed by atoms with Crippen molar-refractivity contribution in [3.8, 4) is 0 Å². The van der Waals surface area contributed by atoms with Gasteiger partial charge >= 0.3 is 0 Å². The van der Waals surface area contributed by atoms with Crippen LogP contribution in [0.3, 0.4) is 0 Å². The third-order valence-corrected chi connectivity index (χ3v) is 2.53. The summed E-state index contributed by atoms with van der Waals surface area (Å²) >= 11 is 0. The van der Waals surface area contributed by atoms with Gasteiger partial charge in [0.25, 0.3) is 0 Å². The maximum Gasteiger partial charge on any atom is 0.222 e. The summed E-state index contributed by atoms with van der Waals surface area (Å²) in [4.78, 5) is 13.5. The monoisotopic (exact) mass is 224 g/mol. The Hall–Kier alpha value is -1.36. The summed E-state index contributed by atoms with van der Waals surface area (Å²) in [6.07, 6.45) is 4.19. The van der Waals surface area contributed by atoms with Crippen molar-refractivity contribution in [2.24, 2.45) is 18.7 Å². The Morgan fingerprint density at radius 2 is 2.38 bits per heavy atom. The molecule has 0 radical (unpaired) electrons. The molecule has 0 fully saturated rings. The molecule has 5 heteroatoms. The maximum atomic E-state index is 11.8. The quantitative estimate of drug-likeness (QED) is 0.785. The van der Waals surface area contributed by atoms with E-state index in [1.807, 2.05) is 20.2 Å². The number of aromatic nitrogens is 2. The van der Waals surface area contributed by atoms with Crippen LogP contribution >= 0.6 is 0 Å². The average molecular weight is 224 g/mol. The van der Waals surface area contributed by atoms with Crippen LogP contribution in [0.15, 0.2) is 12.4 Å². The van der Waals surface area contributed by atoms with Crippen LogP contribution in [0.2, 0.25) is 0 Å². The molecule has 1 rings (SSSR count). The van der Waals surface area contributed by atoms with Gasteiger partial charge in [-0.2, -0.15) is 5.10 Å². The second kappa shape index (κ2) is 5.65. The zero-order chi connectivity index (χ0) is 12.1. The summed E-state index contributed by atoms with van der Waals surface area (Å²) in [7, 11) is 3.67. The van der Waals surface area contributed by atoms with E-state index in [4.69, 9.17) is 5.73 Å². The largest absolute Gasteiger partial charge is 0.341 e. The molecule has 0 saturated heterocycles. The first kappa shape index (κ1) is 12.7. The van der Waals surface area contributed by atoms with E-state index in [1.165, 1.54) is 0 Å². The van der Waals surface area contributed by atoms with Crippen LogP contribution in [0.25, 0.3) is 0 Å². The van der Waals surface area contributed by atoms with Crippen molar-refractivity contribution in [2.45, 2.75) is 19.9 Å². The van der Waals surface area contributed by atoms with Crippen molar-refractivity contribution in [3.63, 3.8) is 0 Å². The highest BCUT2D eigenvalue weighted by molar-refractivity contribution is 5.76. The third kappa shape index (κ3) is 3.66. The molecule has 1 amide bonds. The Morgan fingerprint density at radius 1 is 1.69 bits per heavy atom. The summed E-state index contributed by atoms with van der Waals surface area (Å²) in [5, 5.41) is 4.06. The second-order valence-electron chi connectivity index (χ2n) is 4.32. The van der Waals surface area contributed by atoms with Crippen molar-refractivity contribution in [2.75, 3.05) is 13.6 Å². The number of rotatable bonds is 5. The van der Waals surface area contributed by atoms with Gasteiger partial charge in [0.1, 0.15) is 0 Å². The molecule has 0 saturated carbocycles. The predicted molar refractivity (Wildman–Crippen MR) is 62.5 cm³/mol. The van der Waals surface area contributed by atoms with Crippen LogP contribution in [0.4, 0.5) is 0 Å². The standard InChI is InChI=1S/C11H20N4O/c1-9(5-12)4-11(16)14(2)7-10-6-13-15(3)8-10/h6,8-9H,4-5,7,12H2,1-3H3. The zero-order valence-corrected chi connectivity index (χ0v) is 10.2. The fourth-order valence-corrected chi connectivity index (χ4v) is 1.45. The fourth-order valence-electron chi connectivity index (χ4n) is 1.45. The Bertz CT molecular complexity index is 348. The van der Waals surface area contributed by atoms with Gasteiger partial charge in [-0.05, 0) is 12.5 Å². The number of nitrogens with zero attached hydrogens (tertiary/aromatic N) is 3. The summed E-state index contributed by atoms with van der Waals surface area (Å²) in [6, 6.07) is 0. The number of nitrogens with two attached hydrogens (primary N) is 1. The molecule has 1 aromatic heterocycles. The number of hydrogen-bond donors (Lipinski definition) is 1. The Balaban J connectivity index is 2.45. The van der Waals surface area contributed by atoms with Gasteiger partial charge in [0, 0.05) is 38.8 Å². The van der Waals surface area contributed by atoms with Crippen LogP contribution in [0.5, 0.6) is 0 Å². The molecule has 2 N–H and O–H groups in total. The SMILES string of the molecule is CC(CN)CC(=O)N(C)Cc1cnn(C)c1. The average Bonchev–Trinajstić information content (AvgIpc) is 2.63. The predicted octanol–water partition coefficient (Wildman–Crippen LogP) is 0.363. The van der Waals surface area contributed by atoms with E-state index in [9.17, 15) is 4.79 Å². The van der Waals surface area contributed by atoms with Crippen molar-refractivity contribution >= 4 is 5.91 Å². The van der Waals surface area contributed by atoms with Crippen molar-refractivity contribution in [1.82, 2.24) is 14.7 Å². The number of carbonyl (C=O) groups excluding carboxylic acids is 1. The second-order valence-corrected chi connectivity index (χ2v) is 4.32. The first-order chi connectivity index (χ1) is 7.52. The highest BCUT2D eigenvalue weighted by Gasteiger charge is 2.13. The molecule has 16 heavy (non-hydrogen) atoms. The number of aryl methyl sites for hydroxylation is 1. The van der Waals surface area contributed by atoms with Gasteiger partial charge in [0.05, 0.1) is 6.20 Å². The molecule has 0 spiro atoms. The van der Waals surface area contributed by atoms with E-state index in [0.29, 0.717) is 19.5 Å². The molecule has 5 nitrogen and oxygen atoms in total. The van der Waals surface area contributed by atoms with Gasteiger partial charge in [-0.1, -0.05) is 6.92 Å². The van der Waals surface area contributed by atoms with Gasteiger partial charge in [-0.25, -0.2) is 0 Å². The lowest BCUT2D eigenvalue weighted by atomic mass is 10.1. The van der Waals surface area contributed by atoms with E-state index >= 15 is 0 Å². The van der Waals surface area contributed by atoms with Crippen LogP contribution in [-0.4, -0.2) is 34.2 Å². The zero-order valence-electron chi connectivity index (χ0n) is 10.2. The molecule has 0 bridgehead atoms. The van der Waals surface area contributed by atoms with Crippen molar-refractivity contribution < 1.29 is 4.79 Å². The molecule has 0 aliphatic heterocycles. The molecule has 90 valence electrons. The van der Waals surface area contributed by atoms with Gasteiger partial charge in [-0.15, -0.1) is 0 Å². The minimum atomic E-state index is 0.127. The summed E-state index contributed by atoms with van der Waals surface area (Å²) in [5.74, 6) is 0.366. The van der Waals surface area contributed by atoms with Gasteiger partial charge in [0.15, 0.2) is 0 Å². The molecule has 1 unspecified atom stereocenters. The smallest absolute Gasteiger partial charge is 0.222 e. The van der Waals surface area contributed by atoms with Gasteiger partial charge in [0.2, 0.25) is 5.91 Å². The minimum absolute atomic E-state index is 0.127. The molecular weight excluding hydrogens is 204 g/mol. The minimum Gasteiger partial charge on any atom is -0.341 e. The number of amides is 1. The number of carbonyl (C=O) groups is 1. The molecule has 0 aliphatic carbocycles. The highest BCUT2D eigenvalue weighted by Crippen LogP contribution is 2.06. The molecule has 1 aromatic rings. The third-order valence-electron chi connectivity index (χ3n) is 2.53. The van der Waals surface area contributed by atoms with Gasteiger partial charge in [-0.3, -0.25) is 9.48 Å². The normalized spacial score (nSPS) is 12.5. The highest BCUT2D eigenvalue weighted by atomic mass is 16.2. The van der Waals surface area contributed by atoms with Crippen molar-refractivity contribution in [3.05, 3.63) is 18.0 Å². The van der Waals surface area contributed by atoms with Crippen LogP contribution < -0.4 is 5.73 Å². The van der Waals surface area contributed by atoms with Gasteiger partial charge < -0.3 is 10.6 Å². The molecule has 1 heterocycles. The molecule has 0 aromatic carbocycles. The molecule has 1 atom stereocenters. The first-order valence-corrected chi connectivity index (χ1v) is 5.44. The van der Waals surface area contributed by atoms with Crippen LogP contribution in [0, 0.1) is 5.92 Å². The topological polar surface area (TPSA) is 64.2 Å². The lowest BCUT2D eigenvalue weighted by Gasteiger charge is -2.18. The molecule has 0 aliphatic rings. The Morgan fingerprint density at radius 3 is 2.88 bits per heavy atom. The summed E-state index contributed by atoms with van der Waals surface area (Å²) in [6.45, 7) is 3.13. The summed E-state index contributed by atoms with van der Waals surface area (Å²) < 4.78 is 1.73. The lowest BCUT2D eigenvalue weighted by molar-refractivity contribution is -0.131. The fraction of sp³-hybridized carbons (Fsp3) is 0.636. The van der Waals surface area contributed by atoms with E-state index < -0.39 is 0 Å². The number of hydrogen-bond acceptors (Lipinski definition) is 3. The molecular formula is C11H20N4O. The van der Waals surface area contributed by atoms with E-state index in [0.717, 1.165) is 5.56 Å². The Labute approximate surface area is 96.2 Å². The van der Waals surface area contributed by atoms with E-state index in [2.05, 4.69) is 5.10 Å². The summed E-state index contributed by atoms with van der Waals surface area (Å²) in [5.41, 5.74) is 6.53. The van der Waals surface area contributed by atoms with E-state index in [1.54, 1.807) is 22.8 Å². The lowest BCUT2D eigenvalue weighted by Crippen LogP contribution is -2.29. The first-order valence-electron chi connectivity index (χ1n) is 5.44.